The first kappa shape index (κ1) is 14.6. The number of piperazine rings is 1. The third kappa shape index (κ3) is 3.28. The van der Waals surface area contributed by atoms with Gasteiger partial charge in [-0.25, -0.2) is 8.78 Å². The third-order valence-corrected chi connectivity index (χ3v) is 4.19. The van der Waals surface area contributed by atoms with Crippen molar-refractivity contribution in [3.8, 4) is 5.75 Å². The second-order valence-electron chi connectivity index (χ2n) is 6.51. The maximum atomic E-state index is 12.4. The monoisotopic (exact) mass is 296 g/mol. The van der Waals surface area contributed by atoms with E-state index in [0.717, 1.165) is 30.9 Å². The summed E-state index contributed by atoms with van der Waals surface area (Å²) in [7, 11) is 0. The van der Waals surface area contributed by atoms with Crippen molar-refractivity contribution in [1.29, 1.82) is 0 Å². The lowest BCUT2D eigenvalue weighted by atomic mass is 10.0. The molecule has 0 aromatic heterocycles. The molecule has 3 nitrogen and oxygen atoms in total. The van der Waals surface area contributed by atoms with Crippen LogP contribution in [0.2, 0.25) is 0 Å². The van der Waals surface area contributed by atoms with Crippen LogP contribution in [-0.4, -0.2) is 49.7 Å². The van der Waals surface area contributed by atoms with Crippen molar-refractivity contribution in [2.45, 2.75) is 32.3 Å². The zero-order valence-electron chi connectivity index (χ0n) is 12.6. The molecule has 0 saturated carbocycles. The molecule has 1 aromatic rings. The molecule has 0 bridgehead atoms. The van der Waals surface area contributed by atoms with Crippen molar-refractivity contribution in [3.05, 3.63) is 23.8 Å². The number of halogens is 2. The Morgan fingerprint density at radius 3 is 2.57 bits per heavy atom. The van der Waals surface area contributed by atoms with Gasteiger partial charge in [0.1, 0.15) is 11.4 Å². The summed E-state index contributed by atoms with van der Waals surface area (Å²) >= 11 is 0. The van der Waals surface area contributed by atoms with Gasteiger partial charge < -0.3 is 9.64 Å². The van der Waals surface area contributed by atoms with E-state index in [1.807, 2.05) is 4.90 Å². The van der Waals surface area contributed by atoms with Crippen molar-refractivity contribution in [1.82, 2.24) is 4.90 Å². The molecule has 0 N–H and O–H groups in total. The van der Waals surface area contributed by atoms with Crippen molar-refractivity contribution >= 4 is 5.69 Å². The Balaban J connectivity index is 1.65. The maximum absolute atomic E-state index is 12.4. The molecule has 0 aliphatic carbocycles. The number of ether oxygens (including phenoxy) is 1. The second-order valence-corrected chi connectivity index (χ2v) is 6.51. The maximum Gasteiger partial charge on any atom is 0.251 e. The normalized spacial score (nSPS) is 21.5. The summed E-state index contributed by atoms with van der Waals surface area (Å²) in [6.07, 6.45) is -1.31. The minimum absolute atomic E-state index is 0.116. The largest absolute Gasteiger partial charge is 0.487 e. The molecule has 21 heavy (non-hydrogen) atoms. The van der Waals surface area contributed by atoms with Gasteiger partial charge >= 0.3 is 0 Å². The summed E-state index contributed by atoms with van der Waals surface area (Å²) in [6.45, 7) is 7.02. The van der Waals surface area contributed by atoms with Crippen LogP contribution in [0, 0.1) is 0 Å². The lowest BCUT2D eigenvalue weighted by Crippen LogP contribution is -2.47. The van der Waals surface area contributed by atoms with E-state index in [9.17, 15) is 8.78 Å². The van der Waals surface area contributed by atoms with Gasteiger partial charge in [0, 0.05) is 44.4 Å². The first-order valence-electron chi connectivity index (χ1n) is 7.50. The Morgan fingerprint density at radius 2 is 1.90 bits per heavy atom. The minimum Gasteiger partial charge on any atom is -0.487 e. The number of benzene rings is 1. The summed E-state index contributed by atoms with van der Waals surface area (Å²) in [5.41, 5.74) is 2.25. The molecule has 2 aliphatic heterocycles. The molecule has 1 saturated heterocycles. The summed E-state index contributed by atoms with van der Waals surface area (Å²) in [5.74, 6) is 0.965. The van der Waals surface area contributed by atoms with Crippen molar-refractivity contribution in [2.75, 3.05) is 37.6 Å². The highest BCUT2D eigenvalue weighted by molar-refractivity contribution is 5.55. The van der Waals surface area contributed by atoms with E-state index in [1.165, 1.54) is 5.56 Å². The topological polar surface area (TPSA) is 15.7 Å². The predicted molar refractivity (Wildman–Crippen MR) is 79.5 cm³/mol. The van der Waals surface area contributed by atoms with Gasteiger partial charge in [-0.2, -0.15) is 0 Å². The van der Waals surface area contributed by atoms with Crippen LogP contribution in [0.1, 0.15) is 19.4 Å². The Morgan fingerprint density at radius 1 is 1.19 bits per heavy atom. The first-order valence-corrected chi connectivity index (χ1v) is 7.50. The zero-order valence-corrected chi connectivity index (χ0v) is 12.6. The van der Waals surface area contributed by atoms with E-state index < -0.39 is 6.43 Å². The van der Waals surface area contributed by atoms with Crippen molar-refractivity contribution in [2.24, 2.45) is 0 Å². The molecule has 0 atom stereocenters. The summed E-state index contributed by atoms with van der Waals surface area (Å²) in [5, 5.41) is 0. The van der Waals surface area contributed by atoms with Crippen LogP contribution in [0.3, 0.4) is 0 Å². The fraction of sp³-hybridized carbons (Fsp3) is 0.625. The molecule has 0 amide bonds. The third-order valence-electron chi connectivity index (χ3n) is 4.19. The smallest absolute Gasteiger partial charge is 0.251 e. The lowest BCUT2D eigenvalue weighted by Gasteiger charge is -2.36. The fourth-order valence-electron chi connectivity index (χ4n) is 3.16. The van der Waals surface area contributed by atoms with Gasteiger partial charge in [-0.15, -0.1) is 0 Å². The molecule has 0 radical (unpaired) electrons. The van der Waals surface area contributed by atoms with Gasteiger partial charge in [0.15, 0.2) is 0 Å². The highest BCUT2D eigenvalue weighted by atomic mass is 19.3. The summed E-state index contributed by atoms with van der Waals surface area (Å²) in [6, 6.07) is 6.34. The van der Waals surface area contributed by atoms with Gasteiger partial charge in [-0.1, -0.05) is 6.07 Å². The quantitative estimate of drug-likeness (QED) is 0.853. The SMILES string of the molecule is CC1(C)Cc2ccc(N3CCN(CC(F)F)CC3)cc2O1. The predicted octanol–water partition coefficient (Wildman–Crippen LogP) is 2.79. The van der Waals surface area contributed by atoms with E-state index in [-0.39, 0.29) is 12.1 Å². The second kappa shape index (κ2) is 5.44. The summed E-state index contributed by atoms with van der Waals surface area (Å²) < 4.78 is 30.7. The molecule has 3 rings (SSSR count). The molecule has 0 spiro atoms. The Kier molecular flexibility index (Phi) is 3.78. The fourth-order valence-corrected chi connectivity index (χ4v) is 3.16. The molecular weight excluding hydrogens is 274 g/mol. The highest BCUT2D eigenvalue weighted by Crippen LogP contribution is 2.37. The first-order chi connectivity index (χ1) is 9.93. The molecule has 116 valence electrons. The molecule has 0 unspecified atom stereocenters. The van der Waals surface area contributed by atoms with Crippen LogP contribution in [-0.2, 0) is 6.42 Å². The number of alkyl halides is 2. The molecule has 2 aliphatic rings. The van der Waals surface area contributed by atoms with Crippen molar-refractivity contribution in [3.63, 3.8) is 0 Å². The Labute approximate surface area is 124 Å². The lowest BCUT2D eigenvalue weighted by molar-refractivity contribution is 0.0854. The molecule has 5 heteroatoms. The number of fused-ring (bicyclic) bond motifs is 1. The van der Waals surface area contributed by atoms with E-state index >= 15 is 0 Å². The van der Waals surface area contributed by atoms with Gasteiger partial charge in [-0.05, 0) is 25.5 Å². The average Bonchev–Trinajstić information content (AvgIpc) is 2.71. The highest BCUT2D eigenvalue weighted by Gasteiger charge is 2.30. The van der Waals surface area contributed by atoms with Crippen LogP contribution in [0.4, 0.5) is 14.5 Å². The van der Waals surface area contributed by atoms with Crippen LogP contribution in [0.15, 0.2) is 18.2 Å². The number of hydrogen-bond acceptors (Lipinski definition) is 3. The zero-order chi connectivity index (χ0) is 15.0. The summed E-state index contributed by atoms with van der Waals surface area (Å²) in [4.78, 5) is 4.07. The van der Waals surface area contributed by atoms with Crippen LogP contribution in [0.5, 0.6) is 5.75 Å². The van der Waals surface area contributed by atoms with Crippen LogP contribution >= 0.6 is 0 Å². The average molecular weight is 296 g/mol. The number of hydrogen-bond donors (Lipinski definition) is 0. The van der Waals surface area contributed by atoms with E-state index in [1.54, 1.807) is 0 Å². The van der Waals surface area contributed by atoms with E-state index in [0.29, 0.717) is 13.1 Å². The Hall–Kier alpha value is -1.36. The van der Waals surface area contributed by atoms with Gasteiger partial charge in [0.05, 0.1) is 6.54 Å². The van der Waals surface area contributed by atoms with Crippen LogP contribution < -0.4 is 9.64 Å². The number of anilines is 1. The van der Waals surface area contributed by atoms with E-state index in [4.69, 9.17) is 4.74 Å². The van der Waals surface area contributed by atoms with Crippen molar-refractivity contribution < 1.29 is 13.5 Å². The van der Waals surface area contributed by atoms with E-state index in [2.05, 4.69) is 36.9 Å². The van der Waals surface area contributed by atoms with Gasteiger partial charge in [0.25, 0.3) is 6.43 Å². The standard InChI is InChI=1S/C16H22F2N2O/c1-16(2)10-12-3-4-13(9-14(12)21-16)20-7-5-19(6-8-20)11-15(17)18/h3-4,9,15H,5-8,10-11H2,1-2H3. The van der Waals surface area contributed by atoms with Crippen LogP contribution in [0.25, 0.3) is 0 Å². The number of rotatable bonds is 3. The molecule has 1 fully saturated rings. The Bertz CT molecular complexity index is 511. The van der Waals surface area contributed by atoms with Gasteiger partial charge in [0.2, 0.25) is 0 Å². The molecule has 2 heterocycles. The number of nitrogens with zero attached hydrogens (tertiary/aromatic N) is 2. The minimum atomic E-state index is -2.24. The molecular formula is C16H22F2N2O. The van der Waals surface area contributed by atoms with Gasteiger partial charge in [-0.3, -0.25) is 4.90 Å². The molecule has 1 aromatic carbocycles.